The number of nitrogens with zero attached hydrogens (tertiary/aromatic N) is 2. The van der Waals surface area contributed by atoms with Crippen LogP contribution in [0.5, 0.6) is 0 Å². The van der Waals surface area contributed by atoms with E-state index in [1.807, 2.05) is 6.07 Å². The van der Waals surface area contributed by atoms with E-state index in [4.69, 9.17) is 4.84 Å². The van der Waals surface area contributed by atoms with Gasteiger partial charge in [-0.25, -0.2) is 14.7 Å². The van der Waals surface area contributed by atoms with E-state index in [-0.39, 0.29) is 47.9 Å². The fourth-order valence-electron chi connectivity index (χ4n) is 5.84. The normalized spacial score (nSPS) is 25.6. The molecule has 3 aliphatic heterocycles. The van der Waals surface area contributed by atoms with Crippen molar-refractivity contribution in [3.05, 3.63) is 64.5 Å². The summed E-state index contributed by atoms with van der Waals surface area (Å²) in [5.41, 5.74) is 3.86. The molecular weight excluding hydrogens is 479 g/mol. The van der Waals surface area contributed by atoms with Crippen LogP contribution in [0.2, 0.25) is 0 Å². The van der Waals surface area contributed by atoms with Gasteiger partial charge >= 0.3 is 0 Å². The van der Waals surface area contributed by atoms with E-state index < -0.39 is 18.0 Å². The Morgan fingerprint density at radius 1 is 1.16 bits per heavy atom. The largest absolute Gasteiger partial charge is 0.380 e. The maximum absolute atomic E-state index is 15.0. The lowest BCUT2D eigenvalue weighted by molar-refractivity contribution is -0.296. The second-order valence-electron chi connectivity index (χ2n) is 10.6. The second kappa shape index (κ2) is 10.0. The summed E-state index contributed by atoms with van der Waals surface area (Å²) in [5.74, 6) is -2.76. The molecule has 0 radical (unpaired) electrons. The van der Waals surface area contributed by atoms with Gasteiger partial charge < -0.3 is 15.5 Å². The molecule has 0 spiro atoms. The Hall–Kier alpha value is -3.05. The molecule has 3 atom stereocenters. The Labute approximate surface area is 215 Å². The molecule has 3 aliphatic rings. The predicted octanol–water partition coefficient (Wildman–Crippen LogP) is 2.63. The number of amides is 2. The van der Waals surface area contributed by atoms with Gasteiger partial charge in [0.25, 0.3) is 11.8 Å². The summed E-state index contributed by atoms with van der Waals surface area (Å²) >= 11 is 0. The summed E-state index contributed by atoms with van der Waals surface area (Å²) in [6.45, 7) is 7.29. The minimum atomic E-state index is -2.67. The molecule has 0 aromatic heterocycles. The summed E-state index contributed by atoms with van der Waals surface area (Å²) < 4.78 is 15.0. The molecule has 37 heavy (non-hydrogen) atoms. The molecular formula is C27H33FN4O5. The minimum Gasteiger partial charge on any atom is -0.380 e. The lowest BCUT2D eigenvalue weighted by atomic mass is 9.91. The Morgan fingerprint density at radius 3 is 2.59 bits per heavy atom. The average Bonchev–Trinajstić information content (AvgIpc) is 3.04. The van der Waals surface area contributed by atoms with Crippen LogP contribution in [0.15, 0.2) is 36.4 Å². The molecule has 2 saturated heterocycles. The molecule has 2 aromatic carbocycles. The third kappa shape index (κ3) is 5.06. The highest BCUT2D eigenvalue weighted by Gasteiger charge is 2.53. The molecule has 0 bridgehead atoms. The highest BCUT2D eigenvalue weighted by Crippen LogP contribution is 2.42. The van der Waals surface area contributed by atoms with Crippen molar-refractivity contribution in [1.29, 1.82) is 0 Å². The molecule has 0 aliphatic carbocycles. The Bertz CT molecular complexity index is 1190. The van der Waals surface area contributed by atoms with E-state index in [1.54, 1.807) is 24.3 Å². The number of rotatable bonds is 6. The molecule has 198 valence electrons. The van der Waals surface area contributed by atoms with Gasteiger partial charge in [-0.05, 0) is 42.0 Å². The van der Waals surface area contributed by atoms with Gasteiger partial charge in [-0.15, -0.1) is 0 Å². The van der Waals surface area contributed by atoms with E-state index in [1.165, 1.54) is 12.5 Å². The van der Waals surface area contributed by atoms with Crippen LogP contribution < -0.4 is 10.8 Å². The lowest BCUT2D eigenvalue weighted by Crippen LogP contribution is -2.54. The highest BCUT2D eigenvalue weighted by molar-refractivity contribution is 6.01. The van der Waals surface area contributed by atoms with Gasteiger partial charge in [-0.2, -0.15) is 0 Å². The molecule has 3 heterocycles. The van der Waals surface area contributed by atoms with Crippen molar-refractivity contribution in [3.8, 4) is 0 Å². The van der Waals surface area contributed by atoms with Crippen molar-refractivity contribution in [2.75, 3.05) is 18.4 Å². The van der Waals surface area contributed by atoms with Crippen molar-refractivity contribution in [2.45, 2.75) is 58.3 Å². The molecule has 2 fully saturated rings. The number of fused-ring (bicyclic) bond motifs is 1. The molecule has 4 N–H and O–H groups in total. The number of likely N-dealkylation sites (tertiary alicyclic amines) is 1. The summed E-state index contributed by atoms with van der Waals surface area (Å²) in [5, 5.41) is 25.1. The summed E-state index contributed by atoms with van der Waals surface area (Å²) in [4.78, 5) is 32.8. The smallest absolute Gasteiger partial charge is 0.282 e. The van der Waals surface area contributed by atoms with E-state index >= 15 is 4.39 Å². The second-order valence-corrected chi connectivity index (χ2v) is 10.6. The van der Waals surface area contributed by atoms with Crippen LogP contribution in [-0.4, -0.2) is 51.1 Å². The fraction of sp³-hybridized carbons (Fsp3) is 0.481. The summed E-state index contributed by atoms with van der Waals surface area (Å²) in [6.07, 6.45) is 0.368. The molecule has 3 unspecified atom stereocenters. The first-order valence-electron chi connectivity index (χ1n) is 12.7. The maximum atomic E-state index is 15.0. The fourth-order valence-corrected chi connectivity index (χ4v) is 5.84. The zero-order chi connectivity index (χ0) is 26.3. The molecule has 9 nitrogen and oxygen atoms in total. The van der Waals surface area contributed by atoms with Gasteiger partial charge in [0.2, 0.25) is 5.91 Å². The summed E-state index contributed by atoms with van der Waals surface area (Å²) in [6, 6.07) is 9.91. The number of halogens is 1. The molecule has 10 heteroatoms. The zero-order valence-corrected chi connectivity index (χ0v) is 21.0. The van der Waals surface area contributed by atoms with Gasteiger partial charge in [-0.1, -0.05) is 32.0 Å². The first-order valence-corrected chi connectivity index (χ1v) is 12.7. The number of carbonyl (C=O) groups is 2. The SMILES string of the molecule is CC1CC(C)CN(Cc2ccc(CNc3cccc4c3C(O)(O)N(C3CCC(=O)NO3)C4=O)c(F)c2)C1. The Balaban J connectivity index is 1.30. The van der Waals surface area contributed by atoms with E-state index in [0.717, 1.165) is 23.6 Å². The Kier molecular flexibility index (Phi) is 6.93. The zero-order valence-electron chi connectivity index (χ0n) is 21.0. The van der Waals surface area contributed by atoms with E-state index in [2.05, 4.69) is 29.5 Å². The van der Waals surface area contributed by atoms with Crippen LogP contribution >= 0.6 is 0 Å². The van der Waals surface area contributed by atoms with Crippen LogP contribution in [0.25, 0.3) is 0 Å². The van der Waals surface area contributed by atoms with Crippen molar-refractivity contribution in [1.82, 2.24) is 15.3 Å². The third-order valence-electron chi connectivity index (χ3n) is 7.34. The van der Waals surface area contributed by atoms with Crippen molar-refractivity contribution in [3.63, 3.8) is 0 Å². The number of hydrogen-bond donors (Lipinski definition) is 4. The minimum absolute atomic E-state index is 0.0362. The number of nitrogens with one attached hydrogen (secondary N) is 2. The van der Waals surface area contributed by atoms with Gasteiger partial charge in [0.1, 0.15) is 5.82 Å². The topological polar surface area (TPSA) is 114 Å². The lowest BCUT2D eigenvalue weighted by Gasteiger charge is -2.37. The van der Waals surface area contributed by atoms with Gasteiger partial charge in [0.15, 0.2) is 6.23 Å². The van der Waals surface area contributed by atoms with Crippen LogP contribution in [-0.2, 0) is 28.6 Å². The van der Waals surface area contributed by atoms with Crippen LogP contribution in [0, 0.1) is 17.7 Å². The van der Waals surface area contributed by atoms with E-state index in [9.17, 15) is 19.8 Å². The molecule has 2 aromatic rings. The molecule has 0 saturated carbocycles. The average molecular weight is 513 g/mol. The van der Waals surface area contributed by atoms with Crippen LogP contribution in [0.3, 0.4) is 0 Å². The van der Waals surface area contributed by atoms with Gasteiger partial charge in [0.05, 0.1) is 11.1 Å². The third-order valence-corrected chi connectivity index (χ3v) is 7.34. The first-order chi connectivity index (χ1) is 17.6. The standard InChI is InChI=1S/C27H33FN4O5/c1-16-10-17(2)14-31(13-16)15-18-6-7-19(21(28)11-18)12-29-22-5-3-4-20-25(22)27(35,36)32(26(20)34)24-9-8-23(33)30-37-24/h3-7,11,16-17,24,29,35-36H,8-10,12-15H2,1-2H3,(H,30,33). The summed E-state index contributed by atoms with van der Waals surface area (Å²) in [7, 11) is 0. The van der Waals surface area contributed by atoms with Crippen LogP contribution in [0.4, 0.5) is 10.1 Å². The monoisotopic (exact) mass is 512 g/mol. The van der Waals surface area contributed by atoms with Gasteiger partial charge in [-0.3, -0.25) is 19.4 Å². The quantitative estimate of drug-likeness (QED) is 0.440. The number of hydroxylamine groups is 1. The van der Waals surface area contributed by atoms with Crippen molar-refractivity contribution in [2.24, 2.45) is 11.8 Å². The van der Waals surface area contributed by atoms with Gasteiger partial charge in [0, 0.05) is 50.3 Å². The van der Waals surface area contributed by atoms with Crippen LogP contribution in [0.1, 0.15) is 60.2 Å². The number of anilines is 1. The van der Waals surface area contributed by atoms with Crippen molar-refractivity contribution >= 4 is 17.5 Å². The number of carbonyl (C=O) groups excluding carboxylic acids is 2. The molecule has 2 amide bonds. The Morgan fingerprint density at radius 2 is 1.92 bits per heavy atom. The van der Waals surface area contributed by atoms with Crippen molar-refractivity contribution < 1.29 is 29.0 Å². The molecule has 5 rings (SSSR count). The maximum Gasteiger partial charge on any atom is 0.282 e. The number of aliphatic hydroxyl groups is 2. The first kappa shape index (κ1) is 25.6. The highest BCUT2D eigenvalue weighted by atomic mass is 19.1. The number of hydrogen-bond acceptors (Lipinski definition) is 7. The number of piperidine rings is 1. The predicted molar refractivity (Wildman–Crippen MR) is 133 cm³/mol. The number of benzene rings is 2. The van der Waals surface area contributed by atoms with E-state index in [0.29, 0.717) is 23.9 Å².